The number of fused-ring (bicyclic) bond motifs is 9. The molecule has 7 rings (SSSR count). The van der Waals surface area contributed by atoms with E-state index >= 15 is 0 Å². The zero-order chi connectivity index (χ0) is 22.4. The van der Waals surface area contributed by atoms with Gasteiger partial charge in [0.15, 0.2) is 0 Å². The van der Waals surface area contributed by atoms with E-state index in [-0.39, 0.29) is 63.2 Å². The largest absolute Gasteiger partial charge is 0.508 e. The minimum absolute atomic E-state index is 0.0395. The second-order valence-electron chi connectivity index (χ2n) is 9.37. The number of phenolic OH excluding ortho intramolecular Hbond substituents is 1. The van der Waals surface area contributed by atoms with Crippen molar-refractivity contribution in [1.82, 2.24) is 4.98 Å². The number of anilines is 1. The van der Waals surface area contributed by atoms with Crippen molar-refractivity contribution < 1.29 is 14.7 Å². The molecule has 2 saturated carbocycles. The maximum Gasteiger partial charge on any atom is 0.305 e. The Hall–Kier alpha value is -2.84. The predicted octanol–water partition coefficient (Wildman–Crippen LogP) is 3.82. The number of aromatic nitrogens is 1. The summed E-state index contributed by atoms with van der Waals surface area (Å²) in [6, 6.07) is 16.5. The Balaban J connectivity index is 1.36. The van der Waals surface area contributed by atoms with Crippen molar-refractivity contribution in [3.05, 3.63) is 74.7 Å². The van der Waals surface area contributed by atoms with Gasteiger partial charge in [0.2, 0.25) is 11.8 Å². The van der Waals surface area contributed by atoms with Gasteiger partial charge in [-0.1, -0.05) is 47.7 Å². The zero-order valence-corrected chi connectivity index (χ0v) is 19.0. The second-order valence-corrected chi connectivity index (χ2v) is 11.6. The molecule has 2 aliphatic heterocycles. The molecule has 2 bridgehead atoms. The standard InChI is InChI=1S/C25H20N2O4S2/c28-15-9-5-4-8-12(15)16-17-13-10-14(20(17)32-22-21(16)33-25(31)26-22)19-18(13)23(29)27(24(19)30)11-6-2-1-3-7-11/h1-9,13-14,16-20,28H,10H2,(H,26,31)/t13-,14-,16?,17?,18?,19?,20?/m1/s1. The smallest absolute Gasteiger partial charge is 0.305 e. The van der Waals surface area contributed by atoms with E-state index < -0.39 is 0 Å². The first-order valence-electron chi connectivity index (χ1n) is 11.1. The number of amides is 2. The summed E-state index contributed by atoms with van der Waals surface area (Å²) in [5, 5.41) is 11.7. The number of hydrogen-bond acceptors (Lipinski definition) is 6. The average molecular weight is 477 g/mol. The summed E-state index contributed by atoms with van der Waals surface area (Å²) in [5.74, 6) is -0.602. The molecule has 2 aliphatic carbocycles. The van der Waals surface area contributed by atoms with Crippen molar-refractivity contribution in [2.45, 2.75) is 22.6 Å². The molecule has 5 unspecified atom stereocenters. The van der Waals surface area contributed by atoms with E-state index in [1.54, 1.807) is 23.9 Å². The van der Waals surface area contributed by atoms with E-state index in [1.165, 1.54) is 16.2 Å². The average Bonchev–Trinajstić information content (AvgIpc) is 3.54. The van der Waals surface area contributed by atoms with Gasteiger partial charge >= 0.3 is 4.87 Å². The van der Waals surface area contributed by atoms with Crippen LogP contribution in [0.1, 0.15) is 22.8 Å². The number of thioether (sulfide) groups is 1. The van der Waals surface area contributed by atoms with Crippen molar-refractivity contribution in [2.75, 3.05) is 4.90 Å². The zero-order valence-electron chi connectivity index (χ0n) is 17.4. The van der Waals surface area contributed by atoms with Crippen LogP contribution in [0.5, 0.6) is 5.75 Å². The van der Waals surface area contributed by atoms with E-state index in [1.807, 2.05) is 42.5 Å². The van der Waals surface area contributed by atoms with Crippen LogP contribution in [-0.2, 0) is 9.59 Å². The van der Waals surface area contributed by atoms with Crippen LogP contribution in [0.15, 0.2) is 64.4 Å². The molecule has 1 saturated heterocycles. The van der Waals surface area contributed by atoms with Crippen molar-refractivity contribution in [2.24, 2.45) is 29.6 Å². The normalized spacial score (nSPS) is 33.8. The van der Waals surface area contributed by atoms with Crippen LogP contribution in [-0.4, -0.2) is 27.2 Å². The number of nitrogens with one attached hydrogen (secondary N) is 1. The van der Waals surface area contributed by atoms with Gasteiger partial charge in [-0.05, 0) is 42.4 Å². The topological polar surface area (TPSA) is 90.5 Å². The summed E-state index contributed by atoms with van der Waals surface area (Å²) < 4.78 is 0. The molecule has 166 valence electrons. The maximum absolute atomic E-state index is 13.6. The molecule has 0 spiro atoms. The molecule has 3 fully saturated rings. The highest BCUT2D eigenvalue weighted by Crippen LogP contribution is 2.69. The summed E-state index contributed by atoms with van der Waals surface area (Å²) in [6.07, 6.45) is 0.834. The number of carbonyl (C=O) groups is 2. The predicted molar refractivity (Wildman–Crippen MR) is 126 cm³/mol. The van der Waals surface area contributed by atoms with Crippen LogP contribution in [0.3, 0.4) is 0 Å². The number of phenols is 1. The Labute approximate surface area is 197 Å². The second kappa shape index (κ2) is 6.84. The van der Waals surface area contributed by atoms with Crippen LogP contribution >= 0.6 is 23.1 Å². The minimum atomic E-state index is -0.338. The van der Waals surface area contributed by atoms with Crippen LogP contribution in [0.25, 0.3) is 0 Å². The summed E-state index contributed by atoms with van der Waals surface area (Å²) in [7, 11) is 0. The SMILES string of the molecule is O=C1C2C(C(=O)N1c1ccccc1)[C@@H]1C[C@H]2C2Sc3[nH]c(=O)sc3C(c3ccccc3O)C21. The highest BCUT2D eigenvalue weighted by Gasteiger charge is 2.69. The molecule has 2 N–H and O–H groups in total. The monoisotopic (exact) mass is 476 g/mol. The first-order chi connectivity index (χ1) is 16.0. The molecule has 6 nitrogen and oxygen atoms in total. The molecule has 2 amide bonds. The lowest BCUT2D eigenvalue weighted by Gasteiger charge is -2.43. The summed E-state index contributed by atoms with van der Waals surface area (Å²) in [6.45, 7) is 0. The molecule has 3 aromatic rings. The first-order valence-corrected chi connectivity index (χ1v) is 12.8. The van der Waals surface area contributed by atoms with Crippen molar-refractivity contribution in [3.63, 3.8) is 0 Å². The van der Waals surface area contributed by atoms with Crippen LogP contribution in [0.4, 0.5) is 5.69 Å². The molecule has 4 aliphatic rings. The minimum Gasteiger partial charge on any atom is -0.508 e. The first kappa shape index (κ1) is 19.6. The van der Waals surface area contributed by atoms with Gasteiger partial charge in [0.1, 0.15) is 5.75 Å². The van der Waals surface area contributed by atoms with E-state index in [9.17, 15) is 19.5 Å². The third-order valence-electron chi connectivity index (χ3n) is 8.01. The number of rotatable bonds is 2. The number of imide groups is 1. The number of hydrogen-bond donors (Lipinski definition) is 2. The Bertz CT molecular complexity index is 1370. The Kier molecular flexibility index (Phi) is 4.06. The third-order valence-corrected chi connectivity index (χ3v) is 10.6. The lowest BCUT2D eigenvalue weighted by atomic mass is 9.68. The number of H-pyrrole nitrogens is 1. The van der Waals surface area contributed by atoms with Gasteiger partial charge in [0.25, 0.3) is 0 Å². The van der Waals surface area contributed by atoms with Crippen LogP contribution < -0.4 is 9.77 Å². The number of para-hydroxylation sites is 2. The van der Waals surface area contributed by atoms with E-state index in [2.05, 4.69) is 4.98 Å². The molecule has 7 atom stereocenters. The molecule has 1 aromatic heterocycles. The lowest BCUT2D eigenvalue weighted by Crippen LogP contribution is -2.42. The molecule has 3 heterocycles. The number of thiazole rings is 1. The Morgan fingerprint density at radius 1 is 0.909 bits per heavy atom. The maximum atomic E-state index is 13.6. The van der Waals surface area contributed by atoms with E-state index in [0.29, 0.717) is 5.69 Å². The van der Waals surface area contributed by atoms with Gasteiger partial charge in [0, 0.05) is 21.6 Å². The number of nitrogens with zero attached hydrogens (tertiary/aromatic N) is 1. The van der Waals surface area contributed by atoms with Crippen molar-refractivity contribution in [3.8, 4) is 5.75 Å². The number of aromatic amines is 1. The molecule has 33 heavy (non-hydrogen) atoms. The fourth-order valence-corrected chi connectivity index (χ4v) is 9.83. The van der Waals surface area contributed by atoms with E-state index in [0.717, 1.165) is 21.9 Å². The van der Waals surface area contributed by atoms with Gasteiger partial charge in [-0.15, -0.1) is 11.8 Å². The number of aromatic hydroxyl groups is 1. The molecular weight excluding hydrogens is 456 g/mol. The molecule has 2 aromatic carbocycles. The van der Waals surface area contributed by atoms with Crippen LogP contribution in [0.2, 0.25) is 0 Å². The summed E-state index contributed by atoms with van der Waals surface area (Å²) >= 11 is 2.85. The third kappa shape index (κ3) is 2.53. The van der Waals surface area contributed by atoms with Gasteiger partial charge < -0.3 is 10.1 Å². The Morgan fingerprint density at radius 2 is 1.61 bits per heavy atom. The van der Waals surface area contributed by atoms with E-state index in [4.69, 9.17) is 0 Å². The molecule has 8 heteroatoms. The molecular formula is C25H20N2O4S2. The quantitative estimate of drug-likeness (QED) is 0.549. The van der Waals surface area contributed by atoms with Gasteiger partial charge in [0.05, 0.1) is 22.5 Å². The lowest BCUT2D eigenvalue weighted by molar-refractivity contribution is -0.123. The highest BCUT2D eigenvalue weighted by molar-refractivity contribution is 8.00. The highest BCUT2D eigenvalue weighted by atomic mass is 32.2. The van der Waals surface area contributed by atoms with Crippen LogP contribution in [0, 0.1) is 29.6 Å². The summed E-state index contributed by atoms with van der Waals surface area (Å²) in [5.41, 5.74) is 1.43. The number of carbonyl (C=O) groups excluding carboxylic acids is 2. The molecule has 0 radical (unpaired) electrons. The van der Waals surface area contributed by atoms with Crippen molar-refractivity contribution >= 4 is 40.6 Å². The van der Waals surface area contributed by atoms with Crippen molar-refractivity contribution in [1.29, 1.82) is 0 Å². The van der Waals surface area contributed by atoms with Gasteiger partial charge in [-0.3, -0.25) is 19.3 Å². The van der Waals surface area contributed by atoms with Gasteiger partial charge in [-0.2, -0.15) is 0 Å². The summed E-state index contributed by atoms with van der Waals surface area (Å²) in [4.78, 5) is 44.6. The fraction of sp³-hybridized carbons (Fsp3) is 0.320. The fourth-order valence-electron chi connectivity index (χ4n) is 6.95. The number of benzene rings is 2. The Morgan fingerprint density at radius 3 is 2.36 bits per heavy atom. The van der Waals surface area contributed by atoms with Gasteiger partial charge in [-0.25, -0.2) is 0 Å².